The summed E-state index contributed by atoms with van der Waals surface area (Å²) in [5.74, 6) is 0. The highest BCUT2D eigenvalue weighted by Gasteiger charge is 1.96. The molecule has 1 atom stereocenters. The van der Waals surface area contributed by atoms with E-state index in [9.17, 15) is 4.21 Å². The lowest BCUT2D eigenvalue weighted by Crippen LogP contribution is -2.02. The van der Waals surface area contributed by atoms with Crippen LogP contribution in [0.2, 0.25) is 0 Å². The Hall–Kier alpha value is -0.930. The molecule has 0 fully saturated rings. The third kappa shape index (κ3) is 2.29. The van der Waals surface area contributed by atoms with Crippen molar-refractivity contribution in [2.45, 2.75) is 11.3 Å². The molecule has 0 aliphatic heterocycles. The number of rotatable bonds is 3. The van der Waals surface area contributed by atoms with E-state index in [-0.39, 0.29) is 0 Å². The van der Waals surface area contributed by atoms with Crippen LogP contribution in [-0.4, -0.2) is 4.21 Å². The minimum atomic E-state index is -1.37. The Morgan fingerprint density at radius 3 is 2.42 bits per heavy atom. The molecule has 0 bridgehead atoms. The summed E-state index contributed by atoms with van der Waals surface area (Å²) in [6.07, 6.45) is 2.66. The van der Waals surface area contributed by atoms with Crippen molar-refractivity contribution >= 4 is 11.0 Å². The lowest BCUT2D eigenvalue weighted by atomic mass is 10.2. The van der Waals surface area contributed by atoms with Crippen molar-refractivity contribution < 1.29 is 4.21 Å². The highest BCUT2D eigenvalue weighted by atomic mass is 32.2. The van der Waals surface area contributed by atoms with Gasteiger partial charge in [-0.1, -0.05) is 18.2 Å². The maximum Gasteiger partial charge on any atom is 0.122 e. The van der Waals surface area contributed by atoms with Crippen LogP contribution < -0.4 is 5.14 Å². The van der Waals surface area contributed by atoms with Gasteiger partial charge < -0.3 is 0 Å². The number of allylic oxidation sites excluding steroid dienone is 1. The fraction of sp³-hybridized carbons (Fsp3) is 0.111. The molecule has 1 unspecified atom stereocenters. The van der Waals surface area contributed by atoms with Crippen LogP contribution in [0.3, 0.4) is 0 Å². The molecular formula is C9H11NOS. The van der Waals surface area contributed by atoms with Gasteiger partial charge in [-0.3, -0.25) is 0 Å². The maximum absolute atomic E-state index is 10.8. The summed E-state index contributed by atoms with van der Waals surface area (Å²) in [6, 6.07) is 7.35. The van der Waals surface area contributed by atoms with Crippen LogP contribution in [0.5, 0.6) is 0 Å². The average molecular weight is 181 g/mol. The Labute approximate surface area is 74.7 Å². The summed E-state index contributed by atoms with van der Waals surface area (Å²) in [4.78, 5) is 0.655. The second kappa shape index (κ2) is 4.18. The molecule has 64 valence electrons. The minimum Gasteiger partial charge on any atom is -0.248 e. The fourth-order valence-electron chi connectivity index (χ4n) is 0.926. The van der Waals surface area contributed by atoms with Gasteiger partial charge in [0.1, 0.15) is 11.0 Å². The van der Waals surface area contributed by atoms with E-state index in [1.807, 2.05) is 18.2 Å². The van der Waals surface area contributed by atoms with Crippen LogP contribution in [0.1, 0.15) is 5.56 Å². The maximum atomic E-state index is 10.8. The molecule has 0 aliphatic rings. The summed E-state index contributed by atoms with van der Waals surface area (Å²) < 4.78 is 10.8. The Morgan fingerprint density at radius 2 is 2.00 bits per heavy atom. The molecule has 0 aliphatic carbocycles. The van der Waals surface area contributed by atoms with Gasteiger partial charge in [0.05, 0.1) is 4.90 Å². The first-order chi connectivity index (χ1) is 5.74. The summed E-state index contributed by atoms with van der Waals surface area (Å²) in [5, 5.41) is 5.19. The molecule has 0 heterocycles. The van der Waals surface area contributed by atoms with Crippen LogP contribution in [0, 0.1) is 0 Å². The van der Waals surface area contributed by atoms with Gasteiger partial charge in [-0.25, -0.2) is 9.35 Å². The van der Waals surface area contributed by atoms with Gasteiger partial charge in [-0.2, -0.15) is 0 Å². The third-order valence-corrected chi connectivity index (χ3v) is 2.27. The molecule has 0 saturated carbocycles. The van der Waals surface area contributed by atoms with Crippen molar-refractivity contribution in [1.29, 1.82) is 0 Å². The van der Waals surface area contributed by atoms with Gasteiger partial charge in [0.25, 0.3) is 0 Å². The highest BCUT2D eigenvalue weighted by molar-refractivity contribution is 7.82. The second-order valence-corrected chi connectivity index (χ2v) is 3.50. The Kier molecular flexibility index (Phi) is 3.19. The lowest BCUT2D eigenvalue weighted by molar-refractivity contribution is 0.684. The molecule has 12 heavy (non-hydrogen) atoms. The van der Waals surface area contributed by atoms with E-state index in [1.54, 1.807) is 12.1 Å². The first-order valence-electron chi connectivity index (χ1n) is 3.60. The Balaban J connectivity index is 2.85. The average Bonchev–Trinajstić information content (AvgIpc) is 2.06. The summed E-state index contributed by atoms with van der Waals surface area (Å²) >= 11 is 0. The zero-order valence-corrected chi connectivity index (χ0v) is 7.51. The summed E-state index contributed by atoms with van der Waals surface area (Å²) in [5.41, 5.74) is 1.15. The minimum absolute atomic E-state index is 0.655. The van der Waals surface area contributed by atoms with E-state index in [2.05, 4.69) is 6.58 Å². The van der Waals surface area contributed by atoms with Gasteiger partial charge in [-0.15, -0.1) is 6.58 Å². The number of hydrogen-bond acceptors (Lipinski definition) is 1. The zero-order valence-electron chi connectivity index (χ0n) is 6.69. The van der Waals surface area contributed by atoms with Crippen LogP contribution in [0.15, 0.2) is 41.8 Å². The van der Waals surface area contributed by atoms with E-state index in [0.717, 1.165) is 12.0 Å². The van der Waals surface area contributed by atoms with E-state index < -0.39 is 11.0 Å². The first-order valence-corrected chi connectivity index (χ1v) is 4.81. The van der Waals surface area contributed by atoms with Gasteiger partial charge in [0, 0.05) is 0 Å². The molecule has 1 aromatic carbocycles. The number of hydrogen-bond donors (Lipinski definition) is 1. The molecule has 0 spiro atoms. The predicted molar refractivity (Wildman–Crippen MR) is 50.9 cm³/mol. The van der Waals surface area contributed by atoms with E-state index >= 15 is 0 Å². The SMILES string of the molecule is C=CCc1ccc(S(N)=O)cc1. The summed E-state index contributed by atoms with van der Waals surface area (Å²) in [6.45, 7) is 3.63. The molecule has 2 nitrogen and oxygen atoms in total. The van der Waals surface area contributed by atoms with Crippen molar-refractivity contribution in [3.63, 3.8) is 0 Å². The molecule has 1 rings (SSSR count). The molecule has 3 heteroatoms. The van der Waals surface area contributed by atoms with Crippen LogP contribution in [0.4, 0.5) is 0 Å². The van der Waals surface area contributed by atoms with Gasteiger partial charge >= 0.3 is 0 Å². The van der Waals surface area contributed by atoms with Crippen molar-refractivity contribution in [2.75, 3.05) is 0 Å². The van der Waals surface area contributed by atoms with Crippen molar-refractivity contribution in [3.8, 4) is 0 Å². The second-order valence-electron chi connectivity index (χ2n) is 2.43. The monoisotopic (exact) mass is 181 g/mol. The first kappa shape index (κ1) is 9.16. The molecule has 2 N–H and O–H groups in total. The smallest absolute Gasteiger partial charge is 0.122 e. The largest absolute Gasteiger partial charge is 0.248 e. The zero-order chi connectivity index (χ0) is 8.97. The molecule has 0 saturated heterocycles. The van der Waals surface area contributed by atoms with Crippen molar-refractivity contribution in [1.82, 2.24) is 0 Å². The van der Waals surface area contributed by atoms with E-state index in [0.29, 0.717) is 4.90 Å². The third-order valence-electron chi connectivity index (χ3n) is 1.54. The van der Waals surface area contributed by atoms with Gasteiger partial charge in [-0.05, 0) is 24.1 Å². The van der Waals surface area contributed by atoms with Crippen LogP contribution in [-0.2, 0) is 17.4 Å². The van der Waals surface area contributed by atoms with Crippen molar-refractivity contribution in [3.05, 3.63) is 42.5 Å². The molecule has 0 aromatic heterocycles. The van der Waals surface area contributed by atoms with Crippen LogP contribution >= 0.6 is 0 Å². The number of nitrogens with two attached hydrogens (primary N) is 1. The Bertz CT molecular complexity index is 292. The predicted octanol–water partition coefficient (Wildman–Crippen LogP) is 1.40. The standard InChI is InChI=1S/C9H11NOS/c1-2-3-8-4-6-9(7-5-8)12(10)11/h2,4-7H,1,3,10H2. The van der Waals surface area contributed by atoms with E-state index in [1.165, 1.54) is 0 Å². The summed E-state index contributed by atoms with van der Waals surface area (Å²) in [7, 11) is -1.37. The van der Waals surface area contributed by atoms with Crippen molar-refractivity contribution in [2.24, 2.45) is 5.14 Å². The number of benzene rings is 1. The molecule has 0 radical (unpaired) electrons. The molecule has 1 aromatic rings. The molecule has 0 amide bonds. The highest BCUT2D eigenvalue weighted by Crippen LogP contribution is 2.06. The Morgan fingerprint density at radius 1 is 1.42 bits per heavy atom. The fourth-order valence-corrected chi connectivity index (χ4v) is 1.33. The lowest BCUT2D eigenvalue weighted by Gasteiger charge is -1.97. The normalized spacial score (nSPS) is 12.4. The van der Waals surface area contributed by atoms with E-state index in [4.69, 9.17) is 5.14 Å². The topological polar surface area (TPSA) is 43.1 Å². The molecular weight excluding hydrogens is 170 g/mol. The quantitative estimate of drug-likeness (QED) is 0.704. The van der Waals surface area contributed by atoms with Gasteiger partial charge in [0.15, 0.2) is 0 Å². The van der Waals surface area contributed by atoms with Crippen LogP contribution in [0.25, 0.3) is 0 Å². The van der Waals surface area contributed by atoms with Gasteiger partial charge in [0.2, 0.25) is 0 Å².